The van der Waals surface area contributed by atoms with E-state index in [1.165, 1.54) is 0 Å². The van der Waals surface area contributed by atoms with E-state index in [1.807, 2.05) is 42.5 Å². The van der Waals surface area contributed by atoms with Crippen molar-refractivity contribution in [2.75, 3.05) is 12.8 Å². The summed E-state index contributed by atoms with van der Waals surface area (Å²) in [7, 11) is 1.68. The Labute approximate surface area is 122 Å². The van der Waals surface area contributed by atoms with Crippen molar-refractivity contribution in [1.29, 1.82) is 0 Å². The average molecular weight is 284 g/mol. The summed E-state index contributed by atoms with van der Waals surface area (Å²) in [5, 5.41) is 2.79. The predicted octanol–water partition coefficient (Wildman–Crippen LogP) is 4.75. The van der Waals surface area contributed by atoms with Gasteiger partial charge < -0.3 is 10.5 Å². The van der Waals surface area contributed by atoms with E-state index in [2.05, 4.69) is 12.1 Å². The van der Waals surface area contributed by atoms with Crippen molar-refractivity contribution in [2.24, 2.45) is 0 Å². The minimum absolute atomic E-state index is 0.572. The van der Waals surface area contributed by atoms with E-state index in [1.54, 1.807) is 7.11 Å². The molecule has 20 heavy (non-hydrogen) atoms. The minimum Gasteiger partial charge on any atom is -0.496 e. The van der Waals surface area contributed by atoms with E-state index in [0.29, 0.717) is 10.7 Å². The number of halogens is 1. The Balaban J connectivity index is 2.29. The van der Waals surface area contributed by atoms with Crippen molar-refractivity contribution in [3.05, 3.63) is 59.6 Å². The third kappa shape index (κ3) is 2.08. The molecule has 2 nitrogen and oxygen atoms in total. The first kappa shape index (κ1) is 12.8. The number of ether oxygens (including phenoxy) is 1. The number of nitrogens with two attached hydrogens (primary N) is 1. The largest absolute Gasteiger partial charge is 0.496 e. The molecule has 0 bridgehead atoms. The Morgan fingerprint density at radius 1 is 0.950 bits per heavy atom. The topological polar surface area (TPSA) is 35.2 Å². The maximum absolute atomic E-state index is 6.12. The van der Waals surface area contributed by atoms with Gasteiger partial charge in [0.05, 0.1) is 17.8 Å². The molecule has 0 aliphatic carbocycles. The second-order valence-electron chi connectivity index (χ2n) is 4.60. The van der Waals surface area contributed by atoms with Crippen molar-refractivity contribution in [1.82, 2.24) is 0 Å². The average Bonchev–Trinajstić information content (AvgIpc) is 2.49. The number of methoxy groups -OCH3 is 1. The van der Waals surface area contributed by atoms with Crippen LogP contribution in [0.1, 0.15) is 0 Å². The number of anilines is 1. The summed E-state index contributed by atoms with van der Waals surface area (Å²) in [4.78, 5) is 0. The molecule has 0 fully saturated rings. The molecule has 0 aliphatic rings. The molecule has 0 saturated heterocycles. The summed E-state index contributed by atoms with van der Waals surface area (Å²) >= 11 is 6.12. The molecule has 0 saturated carbocycles. The lowest BCUT2D eigenvalue weighted by Gasteiger charge is -2.11. The highest BCUT2D eigenvalue weighted by molar-refractivity contribution is 6.33. The maximum Gasteiger partial charge on any atom is 0.126 e. The van der Waals surface area contributed by atoms with E-state index in [9.17, 15) is 0 Å². The zero-order chi connectivity index (χ0) is 14.1. The van der Waals surface area contributed by atoms with Crippen molar-refractivity contribution >= 4 is 28.1 Å². The highest BCUT2D eigenvalue weighted by Gasteiger charge is 2.08. The van der Waals surface area contributed by atoms with Gasteiger partial charge in [-0.2, -0.15) is 0 Å². The Kier molecular flexibility index (Phi) is 3.25. The van der Waals surface area contributed by atoms with Gasteiger partial charge >= 0.3 is 0 Å². The number of rotatable bonds is 2. The third-order valence-corrected chi connectivity index (χ3v) is 3.74. The molecule has 0 unspecified atom stereocenters. The van der Waals surface area contributed by atoms with Crippen LogP contribution in [0.2, 0.25) is 5.02 Å². The highest BCUT2D eigenvalue weighted by Crippen LogP contribution is 2.36. The van der Waals surface area contributed by atoms with Crippen LogP contribution in [0.3, 0.4) is 0 Å². The molecule has 3 aromatic rings. The van der Waals surface area contributed by atoms with Crippen LogP contribution in [0.15, 0.2) is 54.6 Å². The Morgan fingerprint density at radius 2 is 1.70 bits per heavy atom. The van der Waals surface area contributed by atoms with Gasteiger partial charge in [-0.25, -0.2) is 0 Å². The van der Waals surface area contributed by atoms with Gasteiger partial charge in [0, 0.05) is 5.39 Å². The first-order valence-electron chi connectivity index (χ1n) is 6.32. The van der Waals surface area contributed by atoms with Gasteiger partial charge in [-0.3, -0.25) is 0 Å². The SMILES string of the molecule is COc1ccc(-c2ccc(N)c(Cl)c2)c2ccccc12. The molecule has 0 spiro atoms. The Morgan fingerprint density at radius 3 is 2.40 bits per heavy atom. The van der Waals surface area contributed by atoms with Crippen molar-refractivity contribution < 1.29 is 4.74 Å². The fourth-order valence-electron chi connectivity index (χ4n) is 2.40. The quantitative estimate of drug-likeness (QED) is 0.689. The van der Waals surface area contributed by atoms with Crippen molar-refractivity contribution in [3.8, 4) is 16.9 Å². The van der Waals surface area contributed by atoms with Crippen molar-refractivity contribution in [2.45, 2.75) is 0 Å². The smallest absolute Gasteiger partial charge is 0.126 e. The van der Waals surface area contributed by atoms with Crippen LogP contribution >= 0.6 is 11.6 Å². The summed E-state index contributed by atoms with van der Waals surface area (Å²) in [6.45, 7) is 0. The standard InChI is InChI=1S/C17H14ClNO/c1-20-17-9-7-12(13-4-2-3-5-14(13)17)11-6-8-16(19)15(18)10-11/h2-10H,19H2,1H3. The molecule has 3 heteroatoms. The fourth-order valence-corrected chi connectivity index (χ4v) is 2.58. The second kappa shape index (κ2) is 5.06. The van der Waals surface area contributed by atoms with Crippen LogP contribution < -0.4 is 10.5 Å². The number of benzene rings is 3. The summed E-state index contributed by atoms with van der Waals surface area (Å²) in [5.41, 5.74) is 8.52. The van der Waals surface area contributed by atoms with Crippen LogP contribution in [-0.4, -0.2) is 7.11 Å². The number of hydrogen-bond acceptors (Lipinski definition) is 2. The lowest BCUT2D eigenvalue weighted by atomic mass is 9.97. The molecule has 0 atom stereocenters. The van der Waals surface area contributed by atoms with E-state index in [0.717, 1.165) is 27.6 Å². The van der Waals surface area contributed by atoms with Gasteiger partial charge in [0.2, 0.25) is 0 Å². The van der Waals surface area contributed by atoms with Crippen molar-refractivity contribution in [3.63, 3.8) is 0 Å². The predicted molar refractivity (Wildman–Crippen MR) is 85.4 cm³/mol. The van der Waals surface area contributed by atoms with Gasteiger partial charge in [-0.1, -0.05) is 48.0 Å². The molecule has 0 radical (unpaired) electrons. The molecule has 0 aromatic heterocycles. The second-order valence-corrected chi connectivity index (χ2v) is 5.00. The van der Waals surface area contributed by atoms with Crippen LogP contribution in [0.4, 0.5) is 5.69 Å². The fraction of sp³-hybridized carbons (Fsp3) is 0.0588. The molecular weight excluding hydrogens is 270 g/mol. The number of fused-ring (bicyclic) bond motifs is 1. The molecular formula is C17H14ClNO. The van der Waals surface area contributed by atoms with Gasteiger partial charge in [0.15, 0.2) is 0 Å². The maximum atomic E-state index is 6.12. The minimum atomic E-state index is 0.572. The lowest BCUT2D eigenvalue weighted by molar-refractivity contribution is 0.420. The normalized spacial score (nSPS) is 10.7. The molecule has 0 amide bonds. The molecule has 2 N–H and O–H groups in total. The van der Waals surface area contributed by atoms with Gasteiger partial charge in [0.1, 0.15) is 5.75 Å². The van der Waals surface area contributed by atoms with E-state index in [4.69, 9.17) is 22.1 Å². The third-order valence-electron chi connectivity index (χ3n) is 3.42. The van der Waals surface area contributed by atoms with E-state index >= 15 is 0 Å². The lowest BCUT2D eigenvalue weighted by Crippen LogP contribution is -1.89. The zero-order valence-electron chi connectivity index (χ0n) is 11.1. The van der Waals surface area contributed by atoms with Crippen LogP contribution in [0.25, 0.3) is 21.9 Å². The zero-order valence-corrected chi connectivity index (χ0v) is 11.8. The van der Waals surface area contributed by atoms with Crippen LogP contribution in [0.5, 0.6) is 5.75 Å². The van der Waals surface area contributed by atoms with E-state index in [-0.39, 0.29) is 0 Å². The number of nitrogen functional groups attached to an aromatic ring is 1. The molecule has 3 aromatic carbocycles. The van der Waals surface area contributed by atoms with E-state index < -0.39 is 0 Å². The first-order chi connectivity index (χ1) is 9.70. The summed E-state index contributed by atoms with van der Waals surface area (Å²) < 4.78 is 5.42. The Hall–Kier alpha value is -2.19. The summed E-state index contributed by atoms with van der Waals surface area (Å²) in [5.74, 6) is 0.867. The van der Waals surface area contributed by atoms with Crippen LogP contribution in [-0.2, 0) is 0 Å². The first-order valence-corrected chi connectivity index (χ1v) is 6.69. The van der Waals surface area contributed by atoms with Gasteiger partial charge in [-0.15, -0.1) is 0 Å². The molecule has 0 heterocycles. The Bertz CT molecular complexity index is 783. The summed E-state index contributed by atoms with van der Waals surface area (Å²) in [6.07, 6.45) is 0. The highest BCUT2D eigenvalue weighted by atomic mass is 35.5. The molecule has 3 rings (SSSR count). The molecule has 100 valence electrons. The van der Waals surface area contributed by atoms with Gasteiger partial charge in [0.25, 0.3) is 0 Å². The number of hydrogen-bond donors (Lipinski definition) is 1. The van der Waals surface area contributed by atoms with Gasteiger partial charge in [-0.05, 0) is 34.7 Å². The van der Waals surface area contributed by atoms with Crippen LogP contribution in [0, 0.1) is 0 Å². The monoisotopic (exact) mass is 283 g/mol. The summed E-state index contributed by atoms with van der Waals surface area (Å²) in [6, 6.07) is 17.9. The molecule has 0 aliphatic heterocycles.